The summed E-state index contributed by atoms with van der Waals surface area (Å²) in [6.45, 7) is 3.81. The zero-order valence-corrected chi connectivity index (χ0v) is 12.8. The Balaban J connectivity index is 2.10. The number of hydrogen-bond donors (Lipinski definition) is 0. The minimum Gasteiger partial charge on any atom is -0.465 e. The number of carbonyl (C=O) groups is 1. The number of hydrogen-bond acceptors (Lipinski definition) is 5. The highest BCUT2D eigenvalue weighted by Gasteiger charge is 2.12. The quantitative estimate of drug-likeness (QED) is 0.493. The van der Waals surface area contributed by atoms with Gasteiger partial charge < -0.3 is 4.74 Å². The molecule has 0 aliphatic heterocycles. The molecule has 21 heavy (non-hydrogen) atoms. The number of thioether (sulfide) groups is 1. The average Bonchev–Trinajstić information content (AvgIpc) is 2.43. The standard InChI is InChI=1S/C15H15FN2O2S/c1-9-6-10(2)18-15(17-9)21-8-11-4-5-12(13(16)7-11)14(19)20-3/h4-7H,8H2,1-3H3. The Labute approximate surface area is 126 Å². The third-order valence-electron chi connectivity index (χ3n) is 2.77. The molecule has 110 valence electrons. The number of aromatic nitrogens is 2. The highest BCUT2D eigenvalue weighted by molar-refractivity contribution is 7.98. The van der Waals surface area contributed by atoms with Crippen molar-refractivity contribution in [1.82, 2.24) is 9.97 Å². The van der Waals surface area contributed by atoms with Crippen LogP contribution < -0.4 is 0 Å². The summed E-state index contributed by atoms with van der Waals surface area (Å²) in [6.07, 6.45) is 0. The van der Waals surface area contributed by atoms with Crippen LogP contribution in [0.1, 0.15) is 27.3 Å². The lowest BCUT2D eigenvalue weighted by atomic mass is 10.1. The van der Waals surface area contributed by atoms with E-state index in [2.05, 4.69) is 14.7 Å². The summed E-state index contributed by atoms with van der Waals surface area (Å²) in [7, 11) is 1.23. The minimum atomic E-state index is -0.677. The van der Waals surface area contributed by atoms with Crippen LogP contribution >= 0.6 is 11.8 Å². The Hall–Kier alpha value is -1.95. The van der Waals surface area contributed by atoms with Gasteiger partial charge in [0.1, 0.15) is 5.82 Å². The summed E-state index contributed by atoms with van der Waals surface area (Å²) in [4.78, 5) is 19.9. The Kier molecular flexibility index (Phi) is 4.90. The molecule has 1 aromatic carbocycles. The maximum atomic E-state index is 13.8. The molecular formula is C15H15FN2O2S. The van der Waals surface area contributed by atoms with Gasteiger partial charge in [-0.25, -0.2) is 19.2 Å². The monoisotopic (exact) mass is 306 g/mol. The molecule has 0 spiro atoms. The zero-order valence-electron chi connectivity index (χ0n) is 12.0. The number of esters is 1. The fourth-order valence-corrected chi connectivity index (χ4v) is 2.72. The van der Waals surface area contributed by atoms with Crippen LogP contribution in [0, 0.1) is 19.7 Å². The lowest BCUT2D eigenvalue weighted by molar-refractivity contribution is 0.0595. The van der Waals surface area contributed by atoms with Gasteiger partial charge in [-0.15, -0.1) is 0 Å². The van der Waals surface area contributed by atoms with Gasteiger partial charge >= 0.3 is 5.97 Å². The summed E-state index contributed by atoms with van der Waals surface area (Å²) < 4.78 is 18.3. The number of carbonyl (C=O) groups excluding carboxylic acids is 1. The van der Waals surface area contributed by atoms with E-state index >= 15 is 0 Å². The van der Waals surface area contributed by atoms with Crippen molar-refractivity contribution in [2.75, 3.05) is 7.11 Å². The van der Waals surface area contributed by atoms with Gasteiger partial charge in [-0.1, -0.05) is 17.8 Å². The molecule has 0 saturated carbocycles. The fraction of sp³-hybridized carbons (Fsp3) is 0.267. The van der Waals surface area contributed by atoms with Crippen molar-refractivity contribution >= 4 is 17.7 Å². The van der Waals surface area contributed by atoms with Crippen molar-refractivity contribution in [3.05, 3.63) is 52.6 Å². The third-order valence-corrected chi connectivity index (χ3v) is 3.69. The average molecular weight is 306 g/mol. The summed E-state index contributed by atoms with van der Waals surface area (Å²) in [5.74, 6) is -0.730. The van der Waals surface area contributed by atoms with Gasteiger partial charge in [-0.2, -0.15) is 0 Å². The fourth-order valence-electron chi connectivity index (χ4n) is 1.83. The van der Waals surface area contributed by atoms with E-state index in [4.69, 9.17) is 0 Å². The first-order valence-electron chi connectivity index (χ1n) is 6.31. The first kappa shape index (κ1) is 15.4. The van der Waals surface area contributed by atoms with Crippen LogP contribution in [0.4, 0.5) is 4.39 Å². The largest absolute Gasteiger partial charge is 0.465 e. The molecule has 0 N–H and O–H groups in total. The SMILES string of the molecule is COC(=O)c1ccc(CSc2nc(C)cc(C)n2)cc1F. The normalized spacial score (nSPS) is 10.5. The van der Waals surface area contributed by atoms with Crippen molar-refractivity contribution in [2.24, 2.45) is 0 Å². The van der Waals surface area contributed by atoms with Crippen LogP contribution in [0.25, 0.3) is 0 Å². The highest BCUT2D eigenvalue weighted by atomic mass is 32.2. The Morgan fingerprint density at radius 1 is 1.24 bits per heavy atom. The maximum absolute atomic E-state index is 13.8. The summed E-state index contributed by atoms with van der Waals surface area (Å²) in [6, 6.07) is 6.36. The van der Waals surface area contributed by atoms with Gasteiger partial charge in [0.05, 0.1) is 12.7 Å². The molecular weight excluding hydrogens is 291 g/mol. The third kappa shape index (κ3) is 4.01. The molecule has 0 fully saturated rings. The molecule has 4 nitrogen and oxygen atoms in total. The molecule has 0 aliphatic rings. The van der Waals surface area contributed by atoms with E-state index in [9.17, 15) is 9.18 Å². The van der Waals surface area contributed by atoms with Crippen LogP contribution in [-0.4, -0.2) is 23.0 Å². The molecule has 0 saturated heterocycles. The molecule has 1 heterocycles. The Morgan fingerprint density at radius 2 is 1.90 bits per heavy atom. The second-order valence-electron chi connectivity index (χ2n) is 4.53. The molecule has 0 aliphatic carbocycles. The number of halogens is 1. The van der Waals surface area contributed by atoms with E-state index in [-0.39, 0.29) is 5.56 Å². The van der Waals surface area contributed by atoms with Gasteiger partial charge in [0.2, 0.25) is 0 Å². The van der Waals surface area contributed by atoms with Gasteiger partial charge in [0.15, 0.2) is 5.16 Å². The number of aryl methyl sites for hydroxylation is 2. The predicted molar refractivity (Wildman–Crippen MR) is 78.8 cm³/mol. The highest BCUT2D eigenvalue weighted by Crippen LogP contribution is 2.21. The van der Waals surface area contributed by atoms with Crippen LogP contribution in [0.5, 0.6) is 0 Å². The van der Waals surface area contributed by atoms with Gasteiger partial charge in [0, 0.05) is 17.1 Å². The molecule has 0 unspecified atom stereocenters. The molecule has 1 aromatic heterocycles. The second kappa shape index (κ2) is 6.67. The van der Waals surface area contributed by atoms with Crippen molar-refractivity contribution in [3.8, 4) is 0 Å². The van der Waals surface area contributed by atoms with E-state index in [0.717, 1.165) is 17.0 Å². The van der Waals surface area contributed by atoms with E-state index in [0.29, 0.717) is 10.9 Å². The second-order valence-corrected chi connectivity index (χ2v) is 5.47. The van der Waals surface area contributed by atoms with Crippen molar-refractivity contribution < 1.29 is 13.9 Å². The van der Waals surface area contributed by atoms with E-state index in [1.165, 1.54) is 31.0 Å². The van der Waals surface area contributed by atoms with Crippen LogP contribution in [0.3, 0.4) is 0 Å². The van der Waals surface area contributed by atoms with Crippen molar-refractivity contribution in [2.45, 2.75) is 24.8 Å². The van der Waals surface area contributed by atoms with Crippen LogP contribution in [0.15, 0.2) is 29.4 Å². The van der Waals surface area contributed by atoms with Crippen molar-refractivity contribution in [1.29, 1.82) is 0 Å². The van der Waals surface area contributed by atoms with E-state index < -0.39 is 11.8 Å². The maximum Gasteiger partial charge on any atom is 0.340 e. The number of rotatable bonds is 4. The smallest absolute Gasteiger partial charge is 0.340 e. The van der Waals surface area contributed by atoms with E-state index in [1.54, 1.807) is 6.07 Å². The molecule has 2 aromatic rings. The van der Waals surface area contributed by atoms with Gasteiger partial charge in [-0.3, -0.25) is 0 Å². The van der Waals surface area contributed by atoms with Gasteiger partial charge in [-0.05, 0) is 37.6 Å². The Bertz CT molecular complexity index is 656. The Morgan fingerprint density at radius 3 is 2.48 bits per heavy atom. The van der Waals surface area contributed by atoms with Crippen LogP contribution in [0.2, 0.25) is 0 Å². The molecule has 6 heteroatoms. The molecule has 0 bridgehead atoms. The number of ether oxygens (including phenoxy) is 1. The summed E-state index contributed by atoms with van der Waals surface area (Å²) in [5, 5.41) is 0.657. The molecule has 0 atom stereocenters. The molecule has 0 radical (unpaired) electrons. The number of benzene rings is 1. The van der Waals surface area contributed by atoms with E-state index in [1.807, 2.05) is 19.9 Å². The number of nitrogens with zero attached hydrogens (tertiary/aromatic N) is 2. The number of methoxy groups -OCH3 is 1. The topological polar surface area (TPSA) is 52.1 Å². The lowest BCUT2D eigenvalue weighted by Gasteiger charge is -2.05. The molecule has 2 rings (SSSR count). The lowest BCUT2D eigenvalue weighted by Crippen LogP contribution is -2.04. The molecule has 0 amide bonds. The first-order chi connectivity index (χ1) is 9.99. The zero-order chi connectivity index (χ0) is 15.4. The summed E-state index contributed by atoms with van der Waals surface area (Å²) in [5.41, 5.74) is 2.50. The predicted octanol–water partition coefficient (Wildman–Crippen LogP) is 3.31. The van der Waals surface area contributed by atoms with Crippen LogP contribution in [-0.2, 0) is 10.5 Å². The minimum absolute atomic E-state index is 0.0612. The first-order valence-corrected chi connectivity index (χ1v) is 7.30. The van der Waals surface area contributed by atoms with Crippen molar-refractivity contribution in [3.63, 3.8) is 0 Å². The summed E-state index contributed by atoms with van der Waals surface area (Å²) >= 11 is 1.43. The van der Waals surface area contributed by atoms with Gasteiger partial charge in [0.25, 0.3) is 0 Å².